The minimum Gasteiger partial charge on any atom is -0.338 e. The molecule has 130 valence electrons. The van der Waals surface area contributed by atoms with Gasteiger partial charge in [0.15, 0.2) is 5.82 Å². The summed E-state index contributed by atoms with van der Waals surface area (Å²) >= 11 is 0. The van der Waals surface area contributed by atoms with Gasteiger partial charge in [-0.25, -0.2) is 0 Å². The van der Waals surface area contributed by atoms with E-state index in [0.29, 0.717) is 24.2 Å². The molecule has 0 bridgehead atoms. The number of carbonyl (C=O) groups is 1. The van der Waals surface area contributed by atoms with Crippen LogP contribution in [0.3, 0.4) is 0 Å². The van der Waals surface area contributed by atoms with E-state index >= 15 is 0 Å². The molecule has 2 atom stereocenters. The third-order valence-electron chi connectivity index (χ3n) is 5.00. The van der Waals surface area contributed by atoms with Gasteiger partial charge in [-0.2, -0.15) is 0 Å². The van der Waals surface area contributed by atoms with Crippen LogP contribution in [0.15, 0.2) is 17.2 Å². The number of nitrogens with zero attached hydrogens (tertiary/aromatic N) is 5. The van der Waals surface area contributed by atoms with Crippen LogP contribution in [0, 0.1) is 17.8 Å². The predicted octanol–water partition coefficient (Wildman–Crippen LogP) is 1.46. The lowest BCUT2D eigenvalue weighted by atomic mass is 9.76. The third kappa shape index (κ3) is 3.07. The normalized spacial score (nSPS) is 24.2. The van der Waals surface area contributed by atoms with Gasteiger partial charge in [-0.1, -0.05) is 13.8 Å². The van der Waals surface area contributed by atoms with Crippen molar-refractivity contribution in [1.29, 1.82) is 0 Å². The summed E-state index contributed by atoms with van der Waals surface area (Å²) in [5.41, 5.74) is 0.0934. The first-order chi connectivity index (χ1) is 11.4. The number of carbonyl (C=O) groups excluding carboxylic acids is 1. The summed E-state index contributed by atoms with van der Waals surface area (Å²) in [6.45, 7) is 4.79. The molecule has 1 fully saturated rings. The van der Waals surface area contributed by atoms with Crippen LogP contribution >= 0.6 is 0 Å². The second kappa shape index (κ2) is 6.37. The van der Waals surface area contributed by atoms with E-state index in [0.717, 1.165) is 12.8 Å². The van der Waals surface area contributed by atoms with Gasteiger partial charge in [0.05, 0.1) is 6.54 Å². The van der Waals surface area contributed by atoms with E-state index in [9.17, 15) is 9.59 Å². The molecule has 7 heteroatoms. The number of rotatable bonds is 3. The van der Waals surface area contributed by atoms with Gasteiger partial charge in [0, 0.05) is 32.4 Å². The van der Waals surface area contributed by atoms with Crippen molar-refractivity contribution < 1.29 is 4.79 Å². The maximum Gasteiger partial charge on any atom is 0.295 e. The molecule has 0 spiro atoms. The Morgan fingerprint density at radius 2 is 1.88 bits per heavy atom. The zero-order valence-electron chi connectivity index (χ0n) is 14.8. The molecule has 2 aromatic rings. The molecule has 0 aliphatic heterocycles. The summed E-state index contributed by atoms with van der Waals surface area (Å²) in [6.07, 6.45) is 6.54. The predicted molar refractivity (Wildman–Crippen MR) is 90.4 cm³/mol. The van der Waals surface area contributed by atoms with Crippen molar-refractivity contribution in [1.82, 2.24) is 24.1 Å². The van der Waals surface area contributed by atoms with Crippen molar-refractivity contribution in [2.45, 2.75) is 39.7 Å². The highest BCUT2D eigenvalue weighted by atomic mass is 16.2. The van der Waals surface area contributed by atoms with Crippen LogP contribution in [0.5, 0.6) is 0 Å². The average Bonchev–Trinajstić information content (AvgIpc) is 2.92. The van der Waals surface area contributed by atoms with Crippen molar-refractivity contribution in [2.24, 2.45) is 24.8 Å². The fraction of sp³-hybridized carbons (Fsp3) is 0.647. The van der Waals surface area contributed by atoms with Gasteiger partial charge in [0.2, 0.25) is 11.6 Å². The molecule has 1 aliphatic carbocycles. The van der Waals surface area contributed by atoms with E-state index in [1.54, 1.807) is 35.8 Å². The second-order valence-corrected chi connectivity index (χ2v) is 7.33. The second-order valence-electron chi connectivity index (χ2n) is 7.33. The number of aromatic nitrogens is 4. The van der Waals surface area contributed by atoms with Crippen molar-refractivity contribution in [3.05, 3.63) is 28.6 Å². The zero-order valence-corrected chi connectivity index (χ0v) is 14.8. The van der Waals surface area contributed by atoms with Gasteiger partial charge < -0.3 is 9.47 Å². The van der Waals surface area contributed by atoms with Crippen LogP contribution in [-0.4, -0.2) is 37.0 Å². The molecule has 0 radical (unpaired) electrons. The maximum atomic E-state index is 12.8. The van der Waals surface area contributed by atoms with E-state index in [4.69, 9.17) is 0 Å². The molecule has 0 aromatic carbocycles. The Bertz CT molecular complexity index is 799. The Hall–Kier alpha value is -2.18. The van der Waals surface area contributed by atoms with Crippen LogP contribution in [0.4, 0.5) is 0 Å². The fourth-order valence-corrected chi connectivity index (χ4v) is 3.88. The van der Waals surface area contributed by atoms with E-state index < -0.39 is 0 Å². The summed E-state index contributed by atoms with van der Waals surface area (Å²) in [5.74, 6) is 2.03. The molecular formula is C17H25N5O2. The van der Waals surface area contributed by atoms with Crippen molar-refractivity contribution in [3.63, 3.8) is 0 Å². The van der Waals surface area contributed by atoms with E-state index in [1.807, 2.05) is 0 Å². The Balaban J connectivity index is 1.77. The highest BCUT2D eigenvalue weighted by molar-refractivity contribution is 5.78. The van der Waals surface area contributed by atoms with Gasteiger partial charge in [-0.15, -0.1) is 10.2 Å². The van der Waals surface area contributed by atoms with Crippen LogP contribution in [-0.2, 0) is 18.4 Å². The summed E-state index contributed by atoms with van der Waals surface area (Å²) in [7, 11) is 3.48. The first kappa shape index (κ1) is 16.7. The number of aryl methyl sites for hydroxylation is 1. The van der Waals surface area contributed by atoms with Gasteiger partial charge in [0.1, 0.15) is 0 Å². The molecular weight excluding hydrogens is 306 g/mol. The quantitative estimate of drug-likeness (QED) is 0.853. The maximum absolute atomic E-state index is 12.8. The lowest BCUT2D eigenvalue weighted by molar-refractivity contribution is -0.137. The van der Waals surface area contributed by atoms with Gasteiger partial charge in [0.25, 0.3) is 5.56 Å². The Morgan fingerprint density at radius 3 is 2.54 bits per heavy atom. The molecule has 7 nitrogen and oxygen atoms in total. The Labute approximate surface area is 141 Å². The van der Waals surface area contributed by atoms with Crippen LogP contribution < -0.4 is 5.56 Å². The summed E-state index contributed by atoms with van der Waals surface area (Å²) < 4.78 is 3.13. The minimum absolute atomic E-state index is 0.0841. The van der Waals surface area contributed by atoms with E-state index in [2.05, 4.69) is 24.0 Å². The smallest absolute Gasteiger partial charge is 0.295 e. The third-order valence-corrected chi connectivity index (χ3v) is 5.00. The first-order valence-corrected chi connectivity index (χ1v) is 8.51. The van der Waals surface area contributed by atoms with Crippen LogP contribution in [0.1, 0.15) is 38.9 Å². The van der Waals surface area contributed by atoms with Crippen molar-refractivity contribution in [3.8, 4) is 0 Å². The Morgan fingerprint density at radius 1 is 1.21 bits per heavy atom. The topological polar surface area (TPSA) is 72.5 Å². The average molecular weight is 331 g/mol. The molecule has 2 heterocycles. The summed E-state index contributed by atoms with van der Waals surface area (Å²) in [4.78, 5) is 26.5. The highest BCUT2D eigenvalue weighted by Crippen LogP contribution is 2.33. The Kier molecular flexibility index (Phi) is 4.43. The van der Waals surface area contributed by atoms with E-state index in [-0.39, 0.29) is 23.0 Å². The molecule has 2 aromatic heterocycles. The van der Waals surface area contributed by atoms with Gasteiger partial charge >= 0.3 is 0 Å². The van der Waals surface area contributed by atoms with Gasteiger partial charge in [-0.3, -0.25) is 14.0 Å². The molecule has 24 heavy (non-hydrogen) atoms. The fourth-order valence-electron chi connectivity index (χ4n) is 3.88. The number of hydrogen-bond donors (Lipinski definition) is 0. The van der Waals surface area contributed by atoms with E-state index in [1.165, 1.54) is 11.0 Å². The first-order valence-electron chi connectivity index (χ1n) is 8.51. The summed E-state index contributed by atoms with van der Waals surface area (Å²) in [5, 5.41) is 8.07. The molecule has 2 unspecified atom stereocenters. The minimum atomic E-state index is -0.194. The molecule has 3 rings (SSSR count). The monoisotopic (exact) mass is 331 g/mol. The number of hydrogen-bond acceptors (Lipinski definition) is 4. The lowest BCUT2D eigenvalue weighted by Crippen LogP contribution is -2.36. The number of fused-ring (bicyclic) bond motifs is 1. The van der Waals surface area contributed by atoms with Crippen molar-refractivity contribution >= 4 is 11.6 Å². The molecule has 1 amide bonds. The summed E-state index contributed by atoms with van der Waals surface area (Å²) in [6, 6.07) is 0. The van der Waals surface area contributed by atoms with Crippen LogP contribution in [0.25, 0.3) is 5.65 Å². The molecule has 1 saturated carbocycles. The lowest BCUT2D eigenvalue weighted by Gasteiger charge is -2.32. The SMILES string of the molecule is CC1CC(C)CC(C(=O)N(C)Cc2nnc3c(=O)n(C)ccn23)C1. The standard InChI is InChI=1S/C17H25N5O2/c1-11-7-12(2)9-13(8-11)16(23)21(4)10-14-18-19-15-17(24)20(3)5-6-22(14)15/h5-6,11-13H,7-10H2,1-4H3. The van der Waals surface area contributed by atoms with Crippen LogP contribution in [0.2, 0.25) is 0 Å². The highest BCUT2D eigenvalue weighted by Gasteiger charge is 2.31. The molecule has 0 N–H and O–H groups in total. The zero-order chi connectivity index (χ0) is 17.4. The molecule has 0 saturated heterocycles. The van der Waals surface area contributed by atoms with Crippen molar-refractivity contribution in [2.75, 3.05) is 7.05 Å². The molecule has 1 aliphatic rings. The largest absolute Gasteiger partial charge is 0.338 e. The van der Waals surface area contributed by atoms with Gasteiger partial charge in [-0.05, 0) is 31.1 Å². The number of amides is 1.